The molecule has 0 aliphatic carbocycles. The highest BCUT2D eigenvalue weighted by Gasteiger charge is 2.28. The molecule has 140 valence electrons. The minimum absolute atomic E-state index is 0.0623. The van der Waals surface area contributed by atoms with E-state index in [1.165, 1.54) is 0 Å². The number of piperidine rings is 1. The SMILES string of the molecule is CC(N)C1CCCN(C(=O)c2cc(COc3c(Cl)cccc3Cl)on2)C1. The molecule has 1 saturated heterocycles. The lowest BCUT2D eigenvalue weighted by atomic mass is 9.92. The van der Waals surface area contributed by atoms with Gasteiger partial charge < -0.3 is 19.9 Å². The van der Waals surface area contributed by atoms with Crippen molar-refractivity contribution in [2.24, 2.45) is 11.7 Å². The van der Waals surface area contributed by atoms with E-state index < -0.39 is 0 Å². The van der Waals surface area contributed by atoms with Crippen LogP contribution in [-0.4, -0.2) is 35.1 Å². The van der Waals surface area contributed by atoms with Crippen LogP contribution in [0.15, 0.2) is 28.8 Å². The molecule has 1 amide bonds. The van der Waals surface area contributed by atoms with Gasteiger partial charge in [-0.05, 0) is 37.8 Å². The number of likely N-dealkylation sites (tertiary alicyclic amines) is 1. The maximum atomic E-state index is 12.6. The minimum atomic E-state index is -0.152. The van der Waals surface area contributed by atoms with E-state index in [0.717, 1.165) is 12.8 Å². The number of hydrogen-bond donors (Lipinski definition) is 1. The molecule has 1 aromatic heterocycles. The highest BCUT2D eigenvalue weighted by Crippen LogP contribution is 2.33. The lowest BCUT2D eigenvalue weighted by Gasteiger charge is -2.34. The van der Waals surface area contributed by atoms with Gasteiger partial charge in [0.1, 0.15) is 6.61 Å². The summed E-state index contributed by atoms with van der Waals surface area (Å²) in [5.74, 6) is 0.951. The fourth-order valence-corrected chi connectivity index (χ4v) is 3.54. The van der Waals surface area contributed by atoms with Crippen LogP contribution in [0.4, 0.5) is 0 Å². The van der Waals surface area contributed by atoms with Gasteiger partial charge in [-0.15, -0.1) is 0 Å². The maximum Gasteiger partial charge on any atom is 0.276 e. The van der Waals surface area contributed by atoms with Crippen LogP contribution in [0.3, 0.4) is 0 Å². The van der Waals surface area contributed by atoms with Crippen molar-refractivity contribution in [2.75, 3.05) is 13.1 Å². The summed E-state index contributed by atoms with van der Waals surface area (Å²) in [6, 6.07) is 6.75. The second kappa shape index (κ2) is 8.29. The number of carbonyl (C=O) groups excluding carboxylic acids is 1. The summed E-state index contributed by atoms with van der Waals surface area (Å²) < 4.78 is 10.8. The number of para-hydroxylation sites is 1. The van der Waals surface area contributed by atoms with Gasteiger partial charge in [-0.3, -0.25) is 4.79 Å². The van der Waals surface area contributed by atoms with E-state index >= 15 is 0 Å². The zero-order valence-corrected chi connectivity index (χ0v) is 16.0. The van der Waals surface area contributed by atoms with Crippen molar-refractivity contribution in [1.82, 2.24) is 10.1 Å². The number of carbonyl (C=O) groups is 1. The van der Waals surface area contributed by atoms with E-state index in [2.05, 4.69) is 5.16 Å². The van der Waals surface area contributed by atoms with Crippen molar-refractivity contribution in [2.45, 2.75) is 32.4 Å². The number of nitrogens with two attached hydrogens (primary N) is 1. The van der Waals surface area contributed by atoms with Gasteiger partial charge in [0.15, 0.2) is 17.2 Å². The second-order valence-electron chi connectivity index (χ2n) is 6.53. The summed E-state index contributed by atoms with van der Waals surface area (Å²) >= 11 is 12.1. The highest BCUT2D eigenvalue weighted by atomic mass is 35.5. The summed E-state index contributed by atoms with van der Waals surface area (Å²) in [7, 11) is 0. The summed E-state index contributed by atoms with van der Waals surface area (Å²) in [6.45, 7) is 3.40. The molecule has 2 unspecified atom stereocenters. The zero-order valence-electron chi connectivity index (χ0n) is 14.5. The predicted octanol–water partition coefficient (Wildman–Crippen LogP) is 3.76. The van der Waals surface area contributed by atoms with Crippen molar-refractivity contribution in [3.05, 3.63) is 45.8 Å². The van der Waals surface area contributed by atoms with Crippen molar-refractivity contribution < 1.29 is 14.1 Å². The van der Waals surface area contributed by atoms with Crippen molar-refractivity contribution in [3.63, 3.8) is 0 Å². The first-order valence-electron chi connectivity index (χ1n) is 8.53. The Morgan fingerprint density at radius 1 is 1.46 bits per heavy atom. The Hall–Kier alpha value is -1.76. The maximum absolute atomic E-state index is 12.6. The highest BCUT2D eigenvalue weighted by molar-refractivity contribution is 6.37. The van der Waals surface area contributed by atoms with E-state index in [1.54, 1.807) is 29.2 Å². The van der Waals surface area contributed by atoms with Gasteiger partial charge in [-0.2, -0.15) is 0 Å². The van der Waals surface area contributed by atoms with Crippen molar-refractivity contribution in [3.8, 4) is 5.75 Å². The Balaban J connectivity index is 1.63. The van der Waals surface area contributed by atoms with Crippen LogP contribution in [0.5, 0.6) is 5.75 Å². The van der Waals surface area contributed by atoms with Crippen LogP contribution < -0.4 is 10.5 Å². The number of ether oxygens (including phenoxy) is 1. The van der Waals surface area contributed by atoms with E-state index in [4.69, 9.17) is 38.2 Å². The third-order valence-corrected chi connectivity index (χ3v) is 5.14. The Bertz CT molecular complexity index is 759. The van der Waals surface area contributed by atoms with Gasteiger partial charge in [0.25, 0.3) is 5.91 Å². The molecule has 0 bridgehead atoms. The molecule has 0 spiro atoms. The Labute approximate surface area is 162 Å². The monoisotopic (exact) mass is 397 g/mol. The molecule has 3 rings (SSSR count). The third-order valence-electron chi connectivity index (χ3n) is 4.54. The molecule has 8 heteroatoms. The van der Waals surface area contributed by atoms with Crippen LogP contribution >= 0.6 is 23.2 Å². The lowest BCUT2D eigenvalue weighted by molar-refractivity contribution is 0.0650. The molecular weight excluding hydrogens is 377 g/mol. The van der Waals surface area contributed by atoms with Crippen molar-refractivity contribution in [1.29, 1.82) is 0 Å². The summed E-state index contributed by atoms with van der Waals surface area (Å²) in [5, 5.41) is 4.69. The van der Waals surface area contributed by atoms with Gasteiger partial charge in [0.05, 0.1) is 10.0 Å². The number of aromatic nitrogens is 1. The van der Waals surface area contributed by atoms with Crippen LogP contribution in [0.25, 0.3) is 0 Å². The van der Waals surface area contributed by atoms with Crippen molar-refractivity contribution >= 4 is 29.1 Å². The Morgan fingerprint density at radius 2 is 2.19 bits per heavy atom. The molecule has 1 aliphatic heterocycles. The molecule has 26 heavy (non-hydrogen) atoms. The van der Waals surface area contributed by atoms with Gasteiger partial charge in [0, 0.05) is 25.2 Å². The number of rotatable bonds is 5. The Morgan fingerprint density at radius 3 is 2.88 bits per heavy atom. The van der Waals surface area contributed by atoms with Crippen LogP contribution in [0.2, 0.25) is 10.0 Å². The molecule has 0 saturated carbocycles. The molecule has 6 nitrogen and oxygen atoms in total. The van der Waals surface area contributed by atoms with Gasteiger partial charge in [-0.25, -0.2) is 0 Å². The van der Waals surface area contributed by atoms with Gasteiger partial charge >= 0.3 is 0 Å². The van der Waals surface area contributed by atoms with E-state index in [1.807, 2.05) is 6.92 Å². The summed E-state index contributed by atoms with van der Waals surface area (Å²) in [6.07, 6.45) is 1.98. The first-order valence-corrected chi connectivity index (χ1v) is 9.28. The molecule has 1 fully saturated rings. The number of amides is 1. The van der Waals surface area contributed by atoms with E-state index in [9.17, 15) is 4.79 Å². The fourth-order valence-electron chi connectivity index (χ4n) is 3.03. The molecule has 2 atom stereocenters. The average Bonchev–Trinajstić information content (AvgIpc) is 3.09. The molecule has 1 aromatic carbocycles. The predicted molar refractivity (Wildman–Crippen MR) is 99.6 cm³/mol. The van der Waals surface area contributed by atoms with Crippen LogP contribution in [0, 0.1) is 5.92 Å². The number of nitrogens with zero attached hydrogens (tertiary/aromatic N) is 2. The molecule has 2 N–H and O–H groups in total. The van der Waals surface area contributed by atoms with Crippen LogP contribution in [0.1, 0.15) is 36.0 Å². The number of halogens is 2. The second-order valence-corrected chi connectivity index (χ2v) is 7.34. The average molecular weight is 398 g/mol. The minimum Gasteiger partial charge on any atom is -0.482 e. The first-order chi connectivity index (χ1) is 12.5. The Kier molecular flexibility index (Phi) is 6.06. The molecule has 0 radical (unpaired) electrons. The topological polar surface area (TPSA) is 81.6 Å². The molecule has 1 aliphatic rings. The lowest BCUT2D eigenvalue weighted by Crippen LogP contribution is -2.45. The number of benzene rings is 1. The molecule has 2 aromatic rings. The quantitative estimate of drug-likeness (QED) is 0.830. The molecular formula is C18H21Cl2N3O3. The smallest absolute Gasteiger partial charge is 0.276 e. The summed E-state index contributed by atoms with van der Waals surface area (Å²) in [4.78, 5) is 14.4. The van der Waals surface area contributed by atoms with E-state index in [0.29, 0.717) is 40.6 Å². The van der Waals surface area contributed by atoms with Gasteiger partial charge in [-0.1, -0.05) is 34.4 Å². The number of hydrogen-bond acceptors (Lipinski definition) is 5. The van der Waals surface area contributed by atoms with Crippen LogP contribution in [-0.2, 0) is 6.61 Å². The third kappa shape index (κ3) is 4.31. The van der Waals surface area contributed by atoms with E-state index in [-0.39, 0.29) is 24.2 Å². The largest absolute Gasteiger partial charge is 0.482 e. The van der Waals surface area contributed by atoms with Gasteiger partial charge in [0.2, 0.25) is 0 Å². The first kappa shape index (κ1) is 19.0. The molecule has 2 heterocycles. The standard InChI is InChI=1S/C18H21Cl2N3O3/c1-11(21)12-4-3-7-23(9-12)18(24)16-8-13(26-22-16)10-25-17-14(19)5-2-6-15(17)20/h2,5-6,8,11-12H,3-4,7,9-10,21H2,1H3. The fraction of sp³-hybridized carbons (Fsp3) is 0.444. The normalized spacial score (nSPS) is 18.6. The summed E-state index contributed by atoms with van der Waals surface area (Å²) in [5.41, 5.74) is 6.24. The zero-order chi connectivity index (χ0) is 18.7.